The van der Waals surface area contributed by atoms with Crippen LogP contribution in [0, 0.1) is 19.4 Å². The SMILES string of the molecule is C=CC.C=C[C-]=C(C)N(CC)/C(C)=C\C(=C)C(CCC)CCNc1cccc(O)c1.CCc1cccnc1.[CH3-].[W+2]. The second-order valence-corrected chi connectivity index (χ2v) is 8.91. The number of aromatic nitrogens is 1. The molecule has 0 radical (unpaired) electrons. The summed E-state index contributed by atoms with van der Waals surface area (Å²) < 4.78 is 0. The van der Waals surface area contributed by atoms with Crippen LogP contribution in [0.2, 0.25) is 0 Å². The van der Waals surface area contributed by atoms with Crippen molar-refractivity contribution in [2.45, 2.75) is 67.2 Å². The number of hydrogen-bond acceptors (Lipinski definition) is 4. The van der Waals surface area contributed by atoms with Gasteiger partial charge in [0.2, 0.25) is 0 Å². The molecule has 0 aliphatic heterocycles. The number of anilines is 1. The molecule has 2 aromatic rings. The smallest absolute Gasteiger partial charge is 0.508 e. The van der Waals surface area contributed by atoms with Gasteiger partial charge >= 0.3 is 21.1 Å². The van der Waals surface area contributed by atoms with Crippen molar-refractivity contribution < 1.29 is 26.2 Å². The van der Waals surface area contributed by atoms with Crippen molar-refractivity contribution in [3.63, 3.8) is 0 Å². The van der Waals surface area contributed by atoms with Crippen LogP contribution in [-0.4, -0.2) is 28.1 Å². The minimum Gasteiger partial charge on any atom is -0.508 e. The maximum absolute atomic E-state index is 9.57. The molecule has 0 aliphatic rings. The number of nitrogens with one attached hydrogen (secondary N) is 1. The molecule has 1 aromatic carbocycles. The average molecular weight is 716 g/mol. The van der Waals surface area contributed by atoms with Gasteiger partial charge in [-0.3, -0.25) is 4.98 Å². The molecule has 5 heteroatoms. The summed E-state index contributed by atoms with van der Waals surface area (Å²) in [4.78, 5) is 6.18. The molecule has 0 spiro atoms. The first-order valence-corrected chi connectivity index (χ1v) is 13.6. The van der Waals surface area contributed by atoms with E-state index in [0.29, 0.717) is 5.92 Å². The zero-order valence-corrected chi connectivity index (χ0v) is 29.0. The Balaban J connectivity index is -0.000000881. The number of phenolic OH excluding ortho intramolecular Hbond substituents is 1. The third kappa shape index (κ3) is 18.4. The van der Waals surface area contributed by atoms with E-state index in [4.69, 9.17) is 0 Å². The quantitative estimate of drug-likeness (QED) is 0.123. The van der Waals surface area contributed by atoms with Crippen molar-refractivity contribution in [1.82, 2.24) is 9.88 Å². The van der Waals surface area contributed by atoms with Gasteiger partial charge in [0.1, 0.15) is 5.75 Å². The fourth-order valence-corrected chi connectivity index (χ4v) is 3.92. The predicted octanol–water partition coefficient (Wildman–Crippen LogP) is 9.57. The molecule has 40 heavy (non-hydrogen) atoms. The van der Waals surface area contributed by atoms with Gasteiger partial charge < -0.3 is 22.7 Å². The summed E-state index contributed by atoms with van der Waals surface area (Å²) in [7, 11) is 0. The molecule has 220 valence electrons. The van der Waals surface area contributed by atoms with Crippen molar-refractivity contribution in [3.05, 3.63) is 123 Å². The Hall–Kier alpha value is -2.84. The molecule has 1 atom stereocenters. The van der Waals surface area contributed by atoms with Crippen LogP contribution in [0.4, 0.5) is 5.69 Å². The molecule has 0 amide bonds. The van der Waals surface area contributed by atoms with Gasteiger partial charge in [-0.1, -0.05) is 56.3 Å². The third-order valence-electron chi connectivity index (χ3n) is 5.81. The molecule has 1 heterocycles. The summed E-state index contributed by atoms with van der Waals surface area (Å²) in [6, 6.07) is 11.3. The topological polar surface area (TPSA) is 48.4 Å². The number of phenols is 1. The van der Waals surface area contributed by atoms with Crippen LogP contribution in [0.1, 0.15) is 66.4 Å². The maximum Gasteiger partial charge on any atom is 2.00 e. The monoisotopic (exact) mass is 715 g/mol. The molecule has 0 bridgehead atoms. The van der Waals surface area contributed by atoms with Gasteiger partial charge in [0.15, 0.2) is 0 Å². The van der Waals surface area contributed by atoms with Gasteiger partial charge in [0.25, 0.3) is 0 Å². The van der Waals surface area contributed by atoms with Gasteiger partial charge in [0, 0.05) is 42.9 Å². The molecule has 0 saturated carbocycles. The Kier molecular flexibility index (Phi) is 27.5. The number of aromatic hydroxyl groups is 1. The summed E-state index contributed by atoms with van der Waals surface area (Å²) in [5, 5.41) is 13.0. The number of allylic oxidation sites excluding steroid dienone is 7. The average Bonchev–Trinajstić information content (AvgIpc) is 2.90. The standard InChI is InChI=1S/C24H35N2O.C7H9N.C3H6.CH3.W/c1-7-11-20(5)26(9-3)21(6)17-19(4)22(12-8-2)15-16-25-23-13-10-14-24(27)18-23;1-2-7-4-3-5-8-6-7;1-3-2;;/h7,10,13-14,17-18,22,25,27H,1,4,8-9,12,15-16H2,2-3,5-6H3;3-6H,2H2,1H3;3H,1H2,2H3;1H3;/q-1;;;-1;+2/b21-17-;;;;. The largest absolute Gasteiger partial charge is 2.00 e. The molecule has 1 unspecified atom stereocenters. The summed E-state index contributed by atoms with van der Waals surface area (Å²) in [5.41, 5.74) is 5.65. The van der Waals surface area contributed by atoms with Gasteiger partial charge in [-0.25, -0.2) is 18.7 Å². The van der Waals surface area contributed by atoms with Crippen LogP contribution >= 0.6 is 0 Å². The van der Waals surface area contributed by atoms with E-state index < -0.39 is 0 Å². The summed E-state index contributed by atoms with van der Waals surface area (Å²) in [6.07, 6.45) is 16.8. The molecule has 0 saturated heterocycles. The van der Waals surface area contributed by atoms with Gasteiger partial charge in [-0.05, 0) is 82.7 Å². The van der Waals surface area contributed by atoms with E-state index in [-0.39, 0.29) is 34.2 Å². The third-order valence-corrected chi connectivity index (χ3v) is 5.81. The fourth-order valence-electron chi connectivity index (χ4n) is 3.92. The number of aryl methyl sites for hydroxylation is 1. The first-order valence-electron chi connectivity index (χ1n) is 13.6. The van der Waals surface area contributed by atoms with Crippen LogP contribution < -0.4 is 5.32 Å². The maximum atomic E-state index is 9.57. The summed E-state index contributed by atoms with van der Waals surface area (Å²) in [6.45, 7) is 25.7. The Morgan fingerprint density at radius 1 is 1.12 bits per heavy atom. The van der Waals surface area contributed by atoms with Crippen LogP contribution in [-0.2, 0) is 27.5 Å². The Morgan fingerprint density at radius 3 is 2.27 bits per heavy atom. The summed E-state index contributed by atoms with van der Waals surface area (Å²) in [5.74, 6) is 0.716. The van der Waals surface area contributed by atoms with E-state index in [1.807, 2.05) is 38.2 Å². The van der Waals surface area contributed by atoms with Crippen molar-refractivity contribution in [2.24, 2.45) is 5.92 Å². The zero-order chi connectivity index (χ0) is 28.8. The Morgan fingerprint density at radius 2 is 1.80 bits per heavy atom. The number of benzene rings is 1. The Bertz CT molecular complexity index is 999. The van der Waals surface area contributed by atoms with Gasteiger partial charge in [0.05, 0.1) is 0 Å². The molecular weight excluding hydrogens is 662 g/mol. The van der Waals surface area contributed by atoms with E-state index in [1.165, 1.54) is 11.3 Å². The summed E-state index contributed by atoms with van der Waals surface area (Å²) >= 11 is 0. The number of rotatable bonds is 13. The minimum atomic E-state index is 0. The minimum absolute atomic E-state index is 0. The van der Waals surface area contributed by atoms with Crippen LogP contribution in [0.5, 0.6) is 5.75 Å². The number of nitrogens with zero attached hydrogens (tertiary/aromatic N) is 2. The Labute approximate surface area is 261 Å². The van der Waals surface area contributed by atoms with Crippen LogP contribution in [0.15, 0.2) is 104 Å². The fraction of sp³-hybridized carbons (Fsp3) is 0.371. The second kappa shape index (κ2) is 26.4. The van der Waals surface area contributed by atoms with E-state index in [1.54, 1.807) is 30.5 Å². The molecule has 0 aliphatic carbocycles. The van der Waals surface area contributed by atoms with Crippen molar-refractivity contribution in [3.8, 4) is 5.75 Å². The van der Waals surface area contributed by atoms with Crippen LogP contribution in [0.25, 0.3) is 0 Å². The molecular formula is C35H53N3OW. The molecule has 0 fully saturated rings. The molecule has 2 N–H and O–H groups in total. The van der Waals surface area contributed by atoms with Gasteiger partial charge in [-0.2, -0.15) is 0 Å². The second-order valence-electron chi connectivity index (χ2n) is 8.91. The van der Waals surface area contributed by atoms with Crippen molar-refractivity contribution >= 4 is 5.69 Å². The molecule has 4 nitrogen and oxygen atoms in total. The van der Waals surface area contributed by atoms with E-state index in [9.17, 15) is 5.11 Å². The van der Waals surface area contributed by atoms with Crippen molar-refractivity contribution in [1.29, 1.82) is 0 Å². The van der Waals surface area contributed by atoms with E-state index in [2.05, 4.69) is 80.9 Å². The normalized spacial score (nSPS) is 11.1. The van der Waals surface area contributed by atoms with E-state index in [0.717, 1.165) is 55.7 Å². The zero-order valence-electron chi connectivity index (χ0n) is 26.0. The number of pyridine rings is 1. The molecule has 2 rings (SSSR count). The first-order chi connectivity index (χ1) is 18.3. The predicted molar refractivity (Wildman–Crippen MR) is 173 cm³/mol. The van der Waals surface area contributed by atoms with Crippen LogP contribution in [0.3, 0.4) is 0 Å². The van der Waals surface area contributed by atoms with E-state index >= 15 is 0 Å². The van der Waals surface area contributed by atoms with Crippen molar-refractivity contribution in [2.75, 3.05) is 18.4 Å². The van der Waals surface area contributed by atoms with Gasteiger partial charge in [-0.15, -0.1) is 6.58 Å². The first kappa shape index (κ1) is 41.6. The molecule has 1 aromatic heterocycles. The number of hydrogen-bond donors (Lipinski definition) is 2.